The Labute approximate surface area is 137 Å². The fourth-order valence-corrected chi connectivity index (χ4v) is 2.13. The number of benzene rings is 1. The quantitative estimate of drug-likeness (QED) is 0.351. The molecule has 0 unspecified atom stereocenters. The molecule has 1 heterocycles. The van der Waals surface area contributed by atoms with E-state index in [9.17, 15) is 14.7 Å². The van der Waals surface area contributed by atoms with Gasteiger partial charge in [0, 0.05) is 0 Å². The number of nitrogens with two attached hydrogens (primary N) is 2. The first kappa shape index (κ1) is 17.0. The van der Waals surface area contributed by atoms with Crippen LogP contribution in [0, 0.1) is 6.92 Å². The van der Waals surface area contributed by atoms with E-state index in [2.05, 4.69) is 15.2 Å². The maximum Gasteiger partial charge on any atom is 0.335 e. The Morgan fingerprint density at radius 1 is 1.21 bits per heavy atom. The predicted molar refractivity (Wildman–Crippen MR) is 91.7 cm³/mol. The van der Waals surface area contributed by atoms with E-state index in [1.165, 1.54) is 0 Å². The average molecular weight is 330 g/mol. The normalized spacial score (nSPS) is 11.3. The highest BCUT2D eigenvalue weighted by Crippen LogP contribution is 2.18. The molecule has 0 atom stereocenters. The van der Waals surface area contributed by atoms with Crippen molar-refractivity contribution in [3.63, 3.8) is 0 Å². The van der Waals surface area contributed by atoms with Gasteiger partial charge in [-0.2, -0.15) is 5.10 Å². The summed E-state index contributed by atoms with van der Waals surface area (Å²) in [6.07, 6.45) is 0.263. The van der Waals surface area contributed by atoms with Crippen molar-refractivity contribution < 1.29 is 5.11 Å². The Bertz CT molecular complexity index is 918. The van der Waals surface area contributed by atoms with Crippen molar-refractivity contribution in [2.75, 3.05) is 0 Å². The van der Waals surface area contributed by atoms with Gasteiger partial charge in [0.05, 0.1) is 11.4 Å². The van der Waals surface area contributed by atoms with Gasteiger partial charge in [-0.3, -0.25) is 9.78 Å². The molecule has 126 valence electrons. The van der Waals surface area contributed by atoms with Crippen LogP contribution in [0.25, 0.3) is 5.69 Å². The second kappa shape index (κ2) is 6.82. The molecule has 24 heavy (non-hydrogen) atoms. The van der Waals surface area contributed by atoms with Crippen LogP contribution in [-0.4, -0.2) is 26.3 Å². The van der Waals surface area contributed by atoms with Crippen molar-refractivity contribution in [2.45, 2.75) is 20.3 Å². The summed E-state index contributed by atoms with van der Waals surface area (Å²) in [5.74, 6) is -0.817. The monoisotopic (exact) mass is 330 g/mol. The molecule has 1 aromatic carbocycles. The van der Waals surface area contributed by atoms with Gasteiger partial charge >= 0.3 is 5.69 Å². The molecular formula is C15H18N6O3. The van der Waals surface area contributed by atoms with Crippen molar-refractivity contribution in [3.05, 3.63) is 56.2 Å². The molecule has 0 fully saturated rings. The highest BCUT2D eigenvalue weighted by molar-refractivity contribution is 6.02. The van der Waals surface area contributed by atoms with E-state index in [-0.39, 0.29) is 23.7 Å². The van der Waals surface area contributed by atoms with E-state index >= 15 is 0 Å². The minimum absolute atomic E-state index is 0.142. The topological polar surface area (TPSA) is 152 Å². The van der Waals surface area contributed by atoms with Crippen LogP contribution in [-0.2, 0) is 0 Å². The molecule has 2 aromatic rings. The van der Waals surface area contributed by atoms with E-state index in [0.29, 0.717) is 5.69 Å². The zero-order chi connectivity index (χ0) is 17.9. The number of hydrogen-bond acceptors (Lipinski definition) is 5. The van der Waals surface area contributed by atoms with Gasteiger partial charge in [0.15, 0.2) is 0 Å². The van der Waals surface area contributed by atoms with Gasteiger partial charge in [0.25, 0.3) is 5.56 Å². The molecule has 0 bridgehead atoms. The van der Waals surface area contributed by atoms with Crippen LogP contribution in [0.15, 0.2) is 44.1 Å². The van der Waals surface area contributed by atoms with Crippen LogP contribution in [0.1, 0.15) is 24.5 Å². The largest absolute Gasteiger partial charge is 0.493 e. The van der Waals surface area contributed by atoms with Crippen LogP contribution in [0.5, 0.6) is 5.88 Å². The van der Waals surface area contributed by atoms with E-state index in [4.69, 9.17) is 11.5 Å². The van der Waals surface area contributed by atoms with Crippen molar-refractivity contribution in [2.24, 2.45) is 21.7 Å². The first-order valence-electron chi connectivity index (χ1n) is 7.16. The number of aromatic nitrogens is 2. The van der Waals surface area contributed by atoms with Crippen molar-refractivity contribution in [1.29, 1.82) is 0 Å². The van der Waals surface area contributed by atoms with E-state index in [0.717, 1.165) is 10.1 Å². The zero-order valence-electron chi connectivity index (χ0n) is 13.3. The summed E-state index contributed by atoms with van der Waals surface area (Å²) >= 11 is 0. The standard InChI is InChI=1S/C15H18N6O3/c1-3-10(19-20-14(16)17)11-12(22)18-15(24)21(13(11)23)9-6-4-8(2)5-7-9/h4-7,23H,3H2,1-2H3,(H4,16,17,20)(H,18,22,24). The van der Waals surface area contributed by atoms with Gasteiger partial charge in [-0.25, -0.2) is 9.36 Å². The van der Waals surface area contributed by atoms with Crippen molar-refractivity contribution >= 4 is 11.7 Å². The third kappa shape index (κ3) is 3.35. The number of aromatic hydroxyl groups is 1. The molecule has 9 heteroatoms. The molecule has 6 N–H and O–H groups in total. The van der Waals surface area contributed by atoms with E-state index in [1.54, 1.807) is 31.2 Å². The summed E-state index contributed by atoms with van der Waals surface area (Å²) in [5, 5.41) is 17.8. The molecule has 0 spiro atoms. The maximum absolute atomic E-state index is 12.1. The summed E-state index contributed by atoms with van der Waals surface area (Å²) in [4.78, 5) is 26.4. The number of guanidine groups is 1. The molecule has 0 radical (unpaired) electrons. The van der Waals surface area contributed by atoms with Crippen LogP contribution in [0.4, 0.5) is 0 Å². The van der Waals surface area contributed by atoms with Gasteiger partial charge < -0.3 is 16.6 Å². The van der Waals surface area contributed by atoms with Gasteiger partial charge in [-0.05, 0) is 25.5 Å². The van der Waals surface area contributed by atoms with Crippen LogP contribution in [0.3, 0.4) is 0 Å². The summed E-state index contributed by atoms with van der Waals surface area (Å²) in [7, 11) is 0. The number of nitrogens with one attached hydrogen (secondary N) is 1. The van der Waals surface area contributed by atoms with Gasteiger partial charge in [0.1, 0.15) is 5.56 Å². The Balaban J connectivity index is 2.75. The molecule has 9 nitrogen and oxygen atoms in total. The number of hydrogen-bond donors (Lipinski definition) is 4. The fourth-order valence-electron chi connectivity index (χ4n) is 2.13. The number of nitrogens with zero attached hydrogens (tertiary/aromatic N) is 3. The number of H-pyrrole nitrogens is 1. The lowest BCUT2D eigenvalue weighted by molar-refractivity contribution is 0.429. The summed E-state index contributed by atoms with van der Waals surface area (Å²) in [5.41, 5.74) is 10.3. The first-order valence-corrected chi connectivity index (χ1v) is 7.16. The predicted octanol–water partition coefficient (Wildman–Crippen LogP) is -0.0727. The molecule has 0 saturated carbocycles. The summed E-state index contributed by atoms with van der Waals surface area (Å²) in [6.45, 7) is 3.60. The molecule has 0 aliphatic heterocycles. The number of rotatable bonds is 4. The maximum atomic E-state index is 12.1. The lowest BCUT2D eigenvalue weighted by Gasteiger charge is -2.12. The van der Waals surface area contributed by atoms with Crippen molar-refractivity contribution in [1.82, 2.24) is 9.55 Å². The summed E-state index contributed by atoms with van der Waals surface area (Å²) < 4.78 is 0.983. The smallest absolute Gasteiger partial charge is 0.335 e. The Hall–Kier alpha value is -3.36. The third-order valence-corrected chi connectivity index (χ3v) is 3.29. The molecule has 2 rings (SSSR count). The minimum atomic E-state index is -0.771. The molecule has 0 aliphatic carbocycles. The van der Waals surface area contributed by atoms with Crippen LogP contribution < -0.4 is 22.7 Å². The number of aryl methyl sites for hydroxylation is 1. The SMILES string of the molecule is CCC(=NN=C(N)N)c1c(O)n(-c2ccc(C)cc2)c(=O)[nH]c1=O. The Morgan fingerprint density at radius 2 is 1.83 bits per heavy atom. The fraction of sp³-hybridized carbons (Fsp3) is 0.200. The second-order valence-electron chi connectivity index (χ2n) is 5.05. The lowest BCUT2D eigenvalue weighted by atomic mass is 10.1. The van der Waals surface area contributed by atoms with Crippen LogP contribution >= 0.6 is 0 Å². The molecule has 0 amide bonds. The number of aromatic amines is 1. The van der Waals surface area contributed by atoms with E-state index in [1.807, 2.05) is 6.92 Å². The molecule has 1 aromatic heterocycles. The van der Waals surface area contributed by atoms with Crippen LogP contribution in [0.2, 0.25) is 0 Å². The average Bonchev–Trinajstić information content (AvgIpc) is 2.51. The zero-order valence-corrected chi connectivity index (χ0v) is 13.3. The Morgan fingerprint density at radius 3 is 2.38 bits per heavy atom. The third-order valence-electron chi connectivity index (χ3n) is 3.29. The molecule has 0 aliphatic rings. The molecule has 0 saturated heterocycles. The van der Waals surface area contributed by atoms with Gasteiger partial charge in [0.2, 0.25) is 11.8 Å². The van der Waals surface area contributed by atoms with Gasteiger partial charge in [-0.15, -0.1) is 5.10 Å². The van der Waals surface area contributed by atoms with E-state index < -0.39 is 17.1 Å². The van der Waals surface area contributed by atoms with Gasteiger partial charge in [-0.1, -0.05) is 24.6 Å². The first-order chi connectivity index (χ1) is 11.3. The lowest BCUT2D eigenvalue weighted by Crippen LogP contribution is -2.33. The molecular weight excluding hydrogens is 312 g/mol. The highest BCUT2D eigenvalue weighted by Gasteiger charge is 2.19. The second-order valence-corrected chi connectivity index (χ2v) is 5.05. The van der Waals surface area contributed by atoms with Crippen molar-refractivity contribution in [3.8, 4) is 11.6 Å². The minimum Gasteiger partial charge on any atom is -0.493 e. The highest BCUT2D eigenvalue weighted by atomic mass is 16.3. The summed E-state index contributed by atoms with van der Waals surface area (Å²) in [6, 6.07) is 6.86. The Kier molecular flexibility index (Phi) is 4.83.